The Labute approximate surface area is 266 Å². The first-order chi connectivity index (χ1) is 21.8. The molecule has 6 atom stereocenters. The second-order valence-electron chi connectivity index (χ2n) is 12.4. The number of aliphatic hydroxyl groups is 2. The Bertz CT molecular complexity index is 1630. The molecule has 1 aromatic carbocycles. The van der Waals surface area contributed by atoms with Crippen LogP contribution in [0.15, 0.2) is 42.7 Å². The van der Waals surface area contributed by atoms with Crippen LogP contribution in [0.25, 0.3) is 5.52 Å². The van der Waals surface area contributed by atoms with Gasteiger partial charge in [-0.05, 0) is 42.2 Å². The molecule has 46 heavy (non-hydrogen) atoms. The molecule has 3 aromatic rings. The summed E-state index contributed by atoms with van der Waals surface area (Å²) in [5, 5.41) is 39.0. The van der Waals surface area contributed by atoms with Crippen molar-refractivity contribution in [3.8, 4) is 11.8 Å². The Kier molecular flexibility index (Phi) is 9.72. The van der Waals surface area contributed by atoms with Gasteiger partial charge in [-0.3, -0.25) is 9.32 Å². The zero-order valence-electron chi connectivity index (χ0n) is 26.0. The lowest BCUT2D eigenvalue weighted by Crippen LogP contribution is -2.41. The van der Waals surface area contributed by atoms with Crippen LogP contribution in [0, 0.1) is 11.3 Å². The molecule has 0 aliphatic carbocycles. The molecule has 0 amide bonds. The second kappa shape index (κ2) is 13.2. The number of ether oxygens (including phenoxy) is 3. The summed E-state index contributed by atoms with van der Waals surface area (Å²) in [5.41, 5.74) is 5.14. The van der Waals surface area contributed by atoms with Crippen molar-refractivity contribution >= 4 is 25.1 Å². The number of nitrogens with two attached hydrogens (primary N) is 1. The van der Waals surface area contributed by atoms with Crippen molar-refractivity contribution in [2.75, 3.05) is 25.6 Å². The number of nitrogens with zero attached hydrogens (tertiary/aromatic N) is 4. The van der Waals surface area contributed by atoms with E-state index in [9.17, 15) is 24.8 Å². The number of rotatable bonds is 10. The Hall–Kier alpha value is -3.61. The van der Waals surface area contributed by atoms with Gasteiger partial charge in [0.05, 0.1) is 25.5 Å². The number of aromatic nitrogens is 3. The summed E-state index contributed by atoms with van der Waals surface area (Å²) in [6.45, 7) is 7.93. The van der Waals surface area contributed by atoms with Crippen molar-refractivity contribution < 1.29 is 42.8 Å². The molecule has 0 saturated carbocycles. The average molecular weight is 659 g/mol. The Morgan fingerprint density at radius 2 is 1.93 bits per heavy atom. The number of nitriles is 1. The van der Waals surface area contributed by atoms with Crippen molar-refractivity contribution in [2.24, 2.45) is 0 Å². The highest BCUT2D eigenvalue weighted by Gasteiger charge is 2.58. The predicted molar refractivity (Wildman–Crippen MR) is 163 cm³/mol. The molecule has 0 radical (unpaired) electrons. The third-order valence-corrected chi connectivity index (χ3v) is 9.64. The van der Waals surface area contributed by atoms with Crippen LogP contribution in [-0.4, -0.2) is 81.1 Å². The van der Waals surface area contributed by atoms with E-state index in [4.69, 9.17) is 29.0 Å². The van der Waals surface area contributed by atoms with E-state index in [-0.39, 0.29) is 28.8 Å². The molecule has 1 unspecified atom stereocenters. The predicted octanol–water partition coefficient (Wildman–Crippen LogP) is 2.35. The highest BCUT2D eigenvalue weighted by molar-refractivity contribution is 7.52. The number of benzene rings is 1. The van der Waals surface area contributed by atoms with Gasteiger partial charge in [-0.1, -0.05) is 32.9 Å². The quantitative estimate of drug-likeness (QED) is 0.182. The van der Waals surface area contributed by atoms with Gasteiger partial charge in [0.25, 0.3) is 0 Å². The number of aliphatic hydroxyl groups excluding tert-OH is 2. The fourth-order valence-electron chi connectivity index (χ4n) is 5.32. The molecule has 0 spiro atoms. The molecule has 16 heteroatoms. The van der Waals surface area contributed by atoms with Gasteiger partial charge in [-0.15, -0.1) is 0 Å². The van der Waals surface area contributed by atoms with Crippen LogP contribution in [0.4, 0.5) is 5.82 Å². The molecule has 0 bridgehead atoms. The third-order valence-electron chi connectivity index (χ3n) is 8.00. The lowest BCUT2D eigenvalue weighted by Gasteiger charge is -2.27. The van der Waals surface area contributed by atoms with Crippen LogP contribution < -0.4 is 15.3 Å². The van der Waals surface area contributed by atoms with Crippen LogP contribution >= 0.6 is 7.75 Å². The van der Waals surface area contributed by atoms with Crippen LogP contribution in [0.1, 0.15) is 51.8 Å². The first kappa shape index (κ1) is 33.7. The molecule has 2 saturated heterocycles. The number of fused-ring (bicyclic) bond motifs is 1. The zero-order chi connectivity index (χ0) is 33.3. The molecule has 2 aromatic heterocycles. The van der Waals surface area contributed by atoms with E-state index in [1.54, 1.807) is 18.2 Å². The SMILES string of the molecule is C[C@H](NP(=O)(OC[C@H]1O[C@@](C#N)(c2ccc3c(N)ncnn23)[C@H](O)[C@@H]1O)Oc1ccc(C(C)(C)C)cc1)C(=O)OC1CCOCC1. The molecule has 4 heterocycles. The van der Waals surface area contributed by atoms with Crippen LogP contribution in [-0.2, 0) is 39.1 Å². The first-order valence-corrected chi connectivity index (χ1v) is 16.5. The number of esters is 1. The summed E-state index contributed by atoms with van der Waals surface area (Å²) in [7, 11) is -4.39. The van der Waals surface area contributed by atoms with Gasteiger partial charge >= 0.3 is 13.7 Å². The van der Waals surface area contributed by atoms with E-state index in [2.05, 4.69) is 15.2 Å². The molecule has 2 aliphatic heterocycles. The van der Waals surface area contributed by atoms with Gasteiger partial charge in [0.15, 0.2) is 5.82 Å². The maximum Gasteiger partial charge on any atom is 0.459 e. The number of carbonyl (C=O) groups excluding carboxylic acids is 1. The van der Waals surface area contributed by atoms with Gasteiger partial charge in [0, 0.05) is 12.8 Å². The van der Waals surface area contributed by atoms with Crippen LogP contribution in [0.5, 0.6) is 5.75 Å². The van der Waals surface area contributed by atoms with Crippen molar-refractivity contribution in [3.63, 3.8) is 0 Å². The van der Waals surface area contributed by atoms with Crippen molar-refractivity contribution in [1.82, 2.24) is 19.7 Å². The van der Waals surface area contributed by atoms with Crippen LogP contribution in [0.3, 0.4) is 0 Å². The number of nitrogen functional groups attached to an aromatic ring is 1. The molecule has 5 N–H and O–H groups in total. The normalized spacial score (nSPS) is 25.9. The number of carbonyl (C=O) groups is 1. The lowest BCUT2D eigenvalue weighted by molar-refractivity contribution is -0.154. The summed E-state index contributed by atoms with van der Waals surface area (Å²) < 4.78 is 43.9. The van der Waals surface area contributed by atoms with Gasteiger partial charge in [0.1, 0.15) is 54.1 Å². The third kappa shape index (κ3) is 6.89. The maximum absolute atomic E-state index is 14.2. The number of anilines is 1. The zero-order valence-corrected chi connectivity index (χ0v) is 26.9. The minimum Gasteiger partial charge on any atom is -0.461 e. The Morgan fingerprint density at radius 1 is 1.24 bits per heavy atom. The summed E-state index contributed by atoms with van der Waals surface area (Å²) in [4.78, 5) is 16.8. The number of hydrogen-bond acceptors (Lipinski definition) is 13. The lowest BCUT2D eigenvalue weighted by atomic mass is 9.87. The summed E-state index contributed by atoms with van der Waals surface area (Å²) in [5.74, 6) is -0.351. The van der Waals surface area contributed by atoms with Crippen molar-refractivity contribution in [3.05, 3.63) is 54.0 Å². The van der Waals surface area contributed by atoms with E-state index in [0.717, 1.165) is 5.56 Å². The standard InChI is InChI=1S/C30H39N6O9P/c1-18(28(39)43-20-11-13-41-14-12-20)35-46(40,45-21-7-5-19(6-8-21)29(2,3)4)42-15-23-25(37)26(38)30(16-31,44-23)24-10-9-22-27(32)33-17-34-36(22)24/h5-10,17-18,20,23,25-26,37-38H,11-15H2,1-4H3,(H,35,40)(H2,32,33,34)/t18-,23+,25+,26+,30-,46?/m0/s1. The van der Waals surface area contributed by atoms with E-state index in [1.807, 2.05) is 39.0 Å². The minimum atomic E-state index is -4.39. The van der Waals surface area contributed by atoms with Gasteiger partial charge in [0.2, 0.25) is 5.60 Å². The van der Waals surface area contributed by atoms with Gasteiger partial charge in [-0.25, -0.2) is 14.1 Å². The molecule has 15 nitrogen and oxygen atoms in total. The first-order valence-electron chi connectivity index (χ1n) is 14.9. The molecule has 248 valence electrons. The summed E-state index contributed by atoms with van der Waals surface area (Å²) in [6.07, 6.45) is -2.85. The Balaban J connectivity index is 1.36. The second-order valence-corrected chi connectivity index (χ2v) is 14.1. The van der Waals surface area contributed by atoms with Crippen LogP contribution in [0.2, 0.25) is 0 Å². The highest BCUT2D eigenvalue weighted by atomic mass is 31.2. The molecular formula is C30H39N6O9P. The monoisotopic (exact) mass is 658 g/mol. The summed E-state index contributed by atoms with van der Waals surface area (Å²) in [6, 6.07) is 10.7. The number of hydrogen-bond donors (Lipinski definition) is 4. The van der Waals surface area contributed by atoms with Gasteiger partial charge < -0.3 is 34.7 Å². The molecule has 2 fully saturated rings. The largest absolute Gasteiger partial charge is 0.461 e. The van der Waals surface area contributed by atoms with E-state index in [0.29, 0.717) is 31.6 Å². The van der Waals surface area contributed by atoms with Crippen molar-refractivity contribution in [1.29, 1.82) is 5.26 Å². The number of nitrogens with one attached hydrogen (secondary N) is 1. The molecular weight excluding hydrogens is 619 g/mol. The maximum atomic E-state index is 14.2. The topological polar surface area (TPSA) is 213 Å². The highest BCUT2D eigenvalue weighted by Crippen LogP contribution is 2.47. The van der Waals surface area contributed by atoms with Gasteiger partial charge in [-0.2, -0.15) is 15.4 Å². The minimum absolute atomic E-state index is 0.0918. The summed E-state index contributed by atoms with van der Waals surface area (Å²) >= 11 is 0. The van der Waals surface area contributed by atoms with E-state index >= 15 is 0 Å². The van der Waals surface area contributed by atoms with E-state index < -0.39 is 50.3 Å². The van der Waals surface area contributed by atoms with E-state index in [1.165, 1.54) is 23.8 Å². The smallest absolute Gasteiger partial charge is 0.459 e. The van der Waals surface area contributed by atoms with Crippen molar-refractivity contribution in [2.45, 2.75) is 82.0 Å². The Morgan fingerprint density at radius 3 is 2.59 bits per heavy atom. The fourth-order valence-corrected chi connectivity index (χ4v) is 6.82. The molecule has 5 rings (SSSR count). The average Bonchev–Trinajstić information content (AvgIpc) is 3.56. The fraction of sp³-hybridized carbons (Fsp3) is 0.533. The molecule has 2 aliphatic rings.